The molecule has 0 radical (unpaired) electrons. The topological polar surface area (TPSA) is 151 Å². The van der Waals surface area contributed by atoms with Gasteiger partial charge in [0.15, 0.2) is 0 Å². The molecule has 41 heavy (non-hydrogen) atoms. The minimum atomic E-state index is -1.14. The lowest BCUT2D eigenvalue weighted by molar-refractivity contribution is -0.142. The number of carbonyl (C=O) groups excluding carboxylic acids is 2. The monoisotopic (exact) mass is 566 g/mol. The summed E-state index contributed by atoms with van der Waals surface area (Å²) in [4.78, 5) is 45.2. The summed E-state index contributed by atoms with van der Waals surface area (Å²) in [7, 11) is 0. The number of rotatable bonds is 12. The fourth-order valence-electron chi connectivity index (χ4n) is 6.89. The third kappa shape index (κ3) is 6.49. The maximum atomic E-state index is 13.5. The van der Waals surface area contributed by atoms with Crippen molar-refractivity contribution in [2.45, 2.75) is 78.3 Å². The van der Waals surface area contributed by atoms with Gasteiger partial charge in [-0.15, -0.1) is 0 Å². The van der Waals surface area contributed by atoms with Crippen LogP contribution in [0.1, 0.15) is 75.9 Å². The molecule has 4 bridgehead atoms. The number of nitrogens with one attached hydrogen (secondary N) is 3. The Morgan fingerprint density at radius 1 is 1.15 bits per heavy atom. The van der Waals surface area contributed by atoms with E-state index in [9.17, 15) is 19.5 Å². The quantitative estimate of drug-likeness (QED) is 0.307. The molecule has 2 aromatic heterocycles. The van der Waals surface area contributed by atoms with E-state index in [0.29, 0.717) is 35.6 Å². The van der Waals surface area contributed by atoms with Gasteiger partial charge in [-0.05, 0) is 75.5 Å². The summed E-state index contributed by atoms with van der Waals surface area (Å²) in [6.07, 6.45) is 14.0. The molecule has 0 aromatic carbocycles. The van der Waals surface area contributed by atoms with Gasteiger partial charge < -0.3 is 25.5 Å². The SMILES string of the molecule is CC(C)COc1c(C(=O)NC2C3CC4CC(C3)CC2C4)cnn1/C=C/C(C)(C)C(=O)N[C@@H](Cc1cnc[nH]1)C(=O)O. The van der Waals surface area contributed by atoms with Crippen molar-refractivity contribution < 1.29 is 24.2 Å². The molecule has 0 saturated heterocycles. The Morgan fingerprint density at radius 2 is 1.83 bits per heavy atom. The van der Waals surface area contributed by atoms with Crippen molar-refractivity contribution in [1.29, 1.82) is 0 Å². The highest BCUT2D eigenvalue weighted by Gasteiger charge is 2.48. The van der Waals surface area contributed by atoms with E-state index in [-0.39, 0.29) is 24.3 Å². The molecule has 11 heteroatoms. The van der Waals surface area contributed by atoms with Crippen molar-refractivity contribution in [3.8, 4) is 5.88 Å². The molecule has 11 nitrogen and oxygen atoms in total. The Hall–Kier alpha value is -3.63. The van der Waals surface area contributed by atoms with E-state index in [0.717, 1.165) is 11.8 Å². The van der Waals surface area contributed by atoms with Crippen molar-refractivity contribution in [3.05, 3.63) is 36.1 Å². The van der Waals surface area contributed by atoms with Gasteiger partial charge in [-0.1, -0.05) is 19.9 Å². The maximum absolute atomic E-state index is 13.5. The minimum absolute atomic E-state index is 0.0791. The largest absolute Gasteiger partial charge is 0.480 e. The summed E-state index contributed by atoms with van der Waals surface area (Å²) in [6.45, 7) is 7.83. The van der Waals surface area contributed by atoms with E-state index in [1.54, 1.807) is 26.1 Å². The number of amides is 2. The van der Waals surface area contributed by atoms with Gasteiger partial charge in [-0.25, -0.2) is 14.5 Å². The van der Waals surface area contributed by atoms with Gasteiger partial charge in [0.1, 0.15) is 11.6 Å². The third-order valence-electron chi connectivity index (χ3n) is 8.87. The number of H-pyrrole nitrogens is 1. The van der Waals surface area contributed by atoms with Crippen LogP contribution in [0.2, 0.25) is 0 Å². The summed E-state index contributed by atoms with van der Waals surface area (Å²) < 4.78 is 7.55. The summed E-state index contributed by atoms with van der Waals surface area (Å²) in [5.41, 5.74) is -0.1000. The van der Waals surface area contributed by atoms with E-state index < -0.39 is 23.3 Å². The zero-order chi connectivity index (χ0) is 29.3. The second-order valence-electron chi connectivity index (χ2n) is 13.1. The number of carbonyl (C=O) groups is 3. The van der Waals surface area contributed by atoms with E-state index >= 15 is 0 Å². The van der Waals surface area contributed by atoms with Gasteiger partial charge in [0.2, 0.25) is 11.8 Å². The first-order valence-corrected chi connectivity index (χ1v) is 14.7. The zero-order valence-electron chi connectivity index (χ0n) is 24.3. The molecule has 4 aliphatic carbocycles. The second-order valence-corrected chi connectivity index (χ2v) is 13.1. The molecule has 2 heterocycles. The Balaban J connectivity index is 1.30. The van der Waals surface area contributed by atoms with Crippen LogP contribution in [-0.4, -0.2) is 61.3 Å². The van der Waals surface area contributed by atoms with Gasteiger partial charge >= 0.3 is 5.97 Å². The number of aliphatic carboxylic acids is 1. The Labute approximate surface area is 240 Å². The molecular weight excluding hydrogens is 524 g/mol. The Bertz CT molecular complexity index is 1250. The lowest BCUT2D eigenvalue weighted by Crippen LogP contribution is -2.55. The van der Waals surface area contributed by atoms with Crippen LogP contribution in [0.4, 0.5) is 0 Å². The molecule has 4 aliphatic rings. The number of carboxylic acid groups (broad SMARTS) is 1. The standard InChI is InChI=1S/C30H42N6O5/c1-17(2)15-41-27-23(26(37)35-25-20-8-18-7-19(10-20)11-21(25)9-18)14-33-36(27)6-5-30(3,4)29(40)34-24(28(38)39)12-22-13-31-16-32-22/h5-6,13-14,16-21,24-25H,7-12,15H2,1-4H3,(H,31,32)(H,34,40)(H,35,37)(H,38,39)/b6-5+/t18?,19?,20?,21?,24-,25?/m0/s1. The van der Waals surface area contributed by atoms with Crippen LogP contribution in [0.25, 0.3) is 6.20 Å². The average molecular weight is 567 g/mol. The predicted octanol–water partition coefficient (Wildman–Crippen LogP) is 3.50. The summed E-state index contributed by atoms with van der Waals surface area (Å²) in [6, 6.07) is -0.926. The van der Waals surface area contributed by atoms with Crippen LogP contribution >= 0.6 is 0 Å². The molecule has 222 valence electrons. The fraction of sp³-hybridized carbons (Fsp3) is 0.633. The van der Waals surface area contributed by atoms with Crippen LogP contribution in [0, 0.1) is 35.0 Å². The zero-order valence-corrected chi connectivity index (χ0v) is 24.3. The van der Waals surface area contributed by atoms with Crippen LogP contribution in [-0.2, 0) is 16.0 Å². The van der Waals surface area contributed by atoms with Crippen molar-refractivity contribution in [3.63, 3.8) is 0 Å². The van der Waals surface area contributed by atoms with Gasteiger partial charge in [0, 0.05) is 30.6 Å². The number of aromatic nitrogens is 4. The van der Waals surface area contributed by atoms with Gasteiger partial charge in [-0.2, -0.15) is 5.10 Å². The van der Waals surface area contributed by atoms with Gasteiger partial charge in [0.25, 0.3) is 5.91 Å². The molecular formula is C30H42N6O5. The van der Waals surface area contributed by atoms with E-state index in [1.807, 2.05) is 13.8 Å². The molecule has 4 N–H and O–H groups in total. The molecule has 2 aromatic rings. The maximum Gasteiger partial charge on any atom is 0.326 e. The molecule has 0 aliphatic heterocycles. The lowest BCUT2D eigenvalue weighted by atomic mass is 9.54. The summed E-state index contributed by atoms with van der Waals surface area (Å²) in [5, 5.41) is 20.0. The molecule has 6 rings (SSSR count). The van der Waals surface area contributed by atoms with Crippen LogP contribution in [0.3, 0.4) is 0 Å². The number of carboxylic acids is 1. The number of nitrogens with zero attached hydrogens (tertiary/aromatic N) is 3. The minimum Gasteiger partial charge on any atom is -0.480 e. The average Bonchev–Trinajstić information content (AvgIpc) is 3.57. The highest BCUT2D eigenvalue weighted by atomic mass is 16.5. The van der Waals surface area contributed by atoms with Crippen molar-refractivity contribution in [2.75, 3.05) is 6.61 Å². The van der Waals surface area contributed by atoms with Gasteiger partial charge in [-0.3, -0.25) is 9.59 Å². The first-order valence-electron chi connectivity index (χ1n) is 14.7. The molecule has 4 saturated carbocycles. The number of hydrogen-bond donors (Lipinski definition) is 4. The number of ether oxygens (including phenoxy) is 1. The summed E-state index contributed by atoms with van der Waals surface area (Å²) >= 11 is 0. The first kappa shape index (κ1) is 28.9. The Kier molecular flexibility index (Phi) is 8.24. The number of aromatic amines is 1. The first-order chi connectivity index (χ1) is 19.5. The lowest BCUT2D eigenvalue weighted by Gasteiger charge is -2.54. The highest BCUT2D eigenvalue weighted by Crippen LogP contribution is 2.53. The van der Waals surface area contributed by atoms with E-state index in [4.69, 9.17) is 4.74 Å². The van der Waals surface area contributed by atoms with Crippen LogP contribution in [0.5, 0.6) is 5.88 Å². The Morgan fingerprint density at radius 3 is 2.41 bits per heavy atom. The van der Waals surface area contributed by atoms with Crippen molar-refractivity contribution in [2.24, 2.45) is 35.0 Å². The predicted molar refractivity (Wildman–Crippen MR) is 152 cm³/mol. The van der Waals surface area contributed by atoms with E-state index in [2.05, 4.69) is 25.7 Å². The van der Waals surface area contributed by atoms with E-state index in [1.165, 1.54) is 55.5 Å². The molecule has 0 unspecified atom stereocenters. The highest BCUT2D eigenvalue weighted by molar-refractivity contribution is 5.96. The molecule has 1 atom stereocenters. The fourth-order valence-corrected chi connectivity index (χ4v) is 6.89. The normalized spacial score (nSPS) is 25.9. The third-order valence-corrected chi connectivity index (χ3v) is 8.87. The molecule has 0 spiro atoms. The van der Waals surface area contributed by atoms with Gasteiger partial charge in [0.05, 0.1) is 24.5 Å². The molecule has 4 fully saturated rings. The van der Waals surface area contributed by atoms with Crippen molar-refractivity contribution in [1.82, 2.24) is 30.4 Å². The smallest absolute Gasteiger partial charge is 0.326 e. The van der Waals surface area contributed by atoms with Crippen molar-refractivity contribution >= 4 is 24.0 Å². The number of hydrogen-bond acceptors (Lipinski definition) is 6. The summed E-state index contributed by atoms with van der Waals surface area (Å²) in [5.74, 6) is 1.51. The number of imidazole rings is 1. The second kappa shape index (κ2) is 11.7. The van der Waals surface area contributed by atoms with Crippen LogP contribution in [0.15, 0.2) is 24.8 Å². The van der Waals surface area contributed by atoms with Crippen LogP contribution < -0.4 is 15.4 Å². The molecule has 2 amide bonds.